The first-order valence-electron chi connectivity index (χ1n) is 6.48. The maximum absolute atomic E-state index is 13.8. The van der Waals surface area contributed by atoms with Gasteiger partial charge in [-0.15, -0.1) is 0 Å². The van der Waals surface area contributed by atoms with Crippen molar-refractivity contribution in [2.45, 2.75) is 17.9 Å². The van der Waals surface area contributed by atoms with Crippen molar-refractivity contribution in [2.24, 2.45) is 5.14 Å². The van der Waals surface area contributed by atoms with Crippen LogP contribution in [0.15, 0.2) is 47.4 Å². The number of benzene rings is 2. The standard InChI is InChI=1S/C15H13ClFNO4S/c1-9(11-4-2-3-5-13(11)16)22-15(19)12-8-10(23(18,20)21)6-7-14(12)17/h2-9H,1H3,(H2,18,20,21)/t9-/m1/s1. The van der Waals surface area contributed by atoms with Crippen LogP contribution in [0.1, 0.15) is 28.9 Å². The van der Waals surface area contributed by atoms with Gasteiger partial charge >= 0.3 is 5.97 Å². The van der Waals surface area contributed by atoms with E-state index in [1.54, 1.807) is 31.2 Å². The molecule has 0 aromatic heterocycles. The summed E-state index contributed by atoms with van der Waals surface area (Å²) >= 11 is 6.00. The molecule has 0 amide bonds. The van der Waals surface area contributed by atoms with Gasteiger partial charge in [0.05, 0.1) is 10.5 Å². The number of hydrogen-bond donors (Lipinski definition) is 1. The van der Waals surface area contributed by atoms with Gasteiger partial charge in [-0.1, -0.05) is 29.8 Å². The van der Waals surface area contributed by atoms with E-state index in [0.717, 1.165) is 18.2 Å². The highest BCUT2D eigenvalue weighted by Crippen LogP contribution is 2.26. The van der Waals surface area contributed by atoms with E-state index < -0.39 is 33.5 Å². The van der Waals surface area contributed by atoms with Crippen LogP contribution in [0.3, 0.4) is 0 Å². The van der Waals surface area contributed by atoms with Crippen LogP contribution < -0.4 is 5.14 Å². The predicted molar refractivity (Wildman–Crippen MR) is 83.1 cm³/mol. The van der Waals surface area contributed by atoms with E-state index in [-0.39, 0.29) is 4.90 Å². The van der Waals surface area contributed by atoms with E-state index in [9.17, 15) is 17.6 Å². The second-order valence-electron chi connectivity index (χ2n) is 4.76. The molecular weight excluding hydrogens is 345 g/mol. The second kappa shape index (κ2) is 6.66. The lowest BCUT2D eigenvalue weighted by Crippen LogP contribution is -2.15. The predicted octanol–water partition coefficient (Wildman–Crippen LogP) is 3.04. The summed E-state index contributed by atoms with van der Waals surface area (Å²) in [5.41, 5.74) is 0.0287. The van der Waals surface area contributed by atoms with Crippen LogP contribution in [0.5, 0.6) is 0 Å². The number of nitrogens with two attached hydrogens (primary N) is 1. The molecule has 0 heterocycles. The average Bonchev–Trinajstić information content (AvgIpc) is 2.46. The van der Waals surface area contributed by atoms with Crippen molar-refractivity contribution in [3.05, 3.63) is 64.4 Å². The molecule has 0 fully saturated rings. The van der Waals surface area contributed by atoms with Crippen molar-refractivity contribution in [3.63, 3.8) is 0 Å². The fourth-order valence-corrected chi connectivity index (χ4v) is 2.76. The molecule has 1 atom stereocenters. The molecule has 0 unspecified atom stereocenters. The number of rotatable bonds is 4. The molecule has 0 spiro atoms. The minimum atomic E-state index is -4.06. The second-order valence-corrected chi connectivity index (χ2v) is 6.72. The van der Waals surface area contributed by atoms with Gasteiger partial charge in [-0.3, -0.25) is 0 Å². The number of ether oxygens (including phenoxy) is 1. The highest BCUT2D eigenvalue weighted by atomic mass is 35.5. The molecule has 122 valence electrons. The van der Waals surface area contributed by atoms with Gasteiger partial charge in [-0.05, 0) is 31.2 Å². The monoisotopic (exact) mass is 357 g/mol. The largest absolute Gasteiger partial charge is 0.454 e. The zero-order chi connectivity index (χ0) is 17.2. The molecule has 0 radical (unpaired) electrons. The Labute approximate surface area is 137 Å². The highest BCUT2D eigenvalue weighted by Gasteiger charge is 2.21. The summed E-state index contributed by atoms with van der Waals surface area (Å²) in [6.07, 6.45) is -0.742. The fraction of sp³-hybridized carbons (Fsp3) is 0.133. The number of sulfonamides is 1. The van der Waals surface area contributed by atoms with Gasteiger partial charge in [0.1, 0.15) is 11.9 Å². The lowest BCUT2D eigenvalue weighted by Gasteiger charge is -2.15. The maximum atomic E-state index is 13.8. The molecule has 0 aliphatic carbocycles. The Morgan fingerprint density at radius 1 is 1.26 bits per heavy atom. The van der Waals surface area contributed by atoms with Crippen LogP contribution in [-0.4, -0.2) is 14.4 Å². The number of carbonyl (C=O) groups excluding carboxylic acids is 1. The summed E-state index contributed by atoms with van der Waals surface area (Å²) in [6.45, 7) is 1.57. The Morgan fingerprint density at radius 3 is 2.52 bits per heavy atom. The van der Waals surface area contributed by atoms with Gasteiger partial charge in [-0.25, -0.2) is 22.7 Å². The third-order valence-electron chi connectivity index (χ3n) is 3.11. The molecule has 8 heteroatoms. The molecule has 5 nitrogen and oxygen atoms in total. The van der Waals surface area contributed by atoms with E-state index in [1.807, 2.05) is 0 Å². The lowest BCUT2D eigenvalue weighted by molar-refractivity contribution is 0.0332. The van der Waals surface area contributed by atoms with Gasteiger partial charge in [0.15, 0.2) is 0 Å². The third kappa shape index (κ3) is 4.07. The zero-order valence-electron chi connectivity index (χ0n) is 12.0. The summed E-state index contributed by atoms with van der Waals surface area (Å²) < 4.78 is 41.5. The van der Waals surface area contributed by atoms with E-state index in [2.05, 4.69) is 0 Å². The van der Waals surface area contributed by atoms with Crippen LogP contribution in [-0.2, 0) is 14.8 Å². The highest BCUT2D eigenvalue weighted by molar-refractivity contribution is 7.89. The van der Waals surface area contributed by atoms with E-state index in [1.165, 1.54) is 0 Å². The summed E-state index contributed by atoms with van der Waals surface area (Å²) in [6, 6.07) is 9.38. The van der Waals surface area contributed by atoms with Crippen LogP contribution in [0.4, 0.5) is 4.39 Å². The minimum absolute atomic E-state index is 0.378. The molecule has 2 N–H and O–H groups in total. The molecular formula is C15H13ClFNO4S. The summed E-state index contributed by atoms with van der Waals surface area (Å²) in [4.78, 5) is 11.7. The Kier molecular flexibility index (Phi) is 5.03. The molecule has 0 aliphatic rings. The summed E-state index contributed by atoms with van der Waals surface area (Å²) in [5.74, 6) is -1.92. The van der Waals surface area contributed by atoms with Crippen LogP contribution in [0.2, 0.25) is 5.02 Å². The number of halogens is 2. The van der Waals surface area contributed by atoms with Gasteiger partial charge in [0, 0.05) is 10.6 Å². The topological polar surface area (TPSA) is 86.5 Å². The summed E-state index contributed by atoms with van der Waals surface area (Å²) in [7, 11) is -4.06. The Morgan fingerprint density at radius 2 is 1.91 bits per heavy atom. The first-order chi connectivity index (χ1) is 10.7. The molecule has 2 aromatic carbocycles. The minimum Gasteiger partial charge on any atom is -0.454 e. The third-order valence-corrected chi connectivity index (χ3v) is 4.37. The van der Waals surface area contributed by atoms with Gasteiger partial charge < -0.3 is 4.74 Å². The number of primary sulfonamides is 1. The number of carbonyl (C=O) groups is 1. The van der Waals surface area contributed by atoms with Gasteiger partial charge in [0.25, 0.3) is 0 Å². The Hall–Kier alpha value is -1.96. The Bertz CT molecular complexity index is 854. The molecule has 2 rings (SSSR count). The normalized spacial score (nSPS) is 12.7. The van der Waals surface area contributed by atoms with E-state index in [4.69, 9.17) is 21.5 Å². The molecule has 0 aliphatic heterocycles. The molecule has 0 saturated heterocycles. The molecule has 0 bridgehead atoms. The number of esters is 1. The molecule has 23 heavy (non-hydrogen) atoms. The van der Waals surface area contributed by atoms with E-state index >= 15 is 0 Å². The van der Waals surface area contributed by atoms with Crippen LogP contribution in [0, 0.1) is 5.82 Å². The SMILES string of the molecule is C[C@@H](OC(=O)c1cc(S(N)(=O)=O)ccc1F)c1ccccc1Cl. The lowest BCUT2D eigenvalue weighted by atomic mass is 10.1. The van der Waals surface area contributed by atoms with E-state index in [0.29, 0.717) is 10.6 Å². The first-order valence-corrected chi connectivity index (χ1v) is 8.40. The fourth-order valence-electron chi connectivity index (χ4n) is 1.93. The first kappa shape index (κ1) is 17.4. The van der Waals surface area contributed by atoms with Crippen molar-refractivity contribution < 1.29 is 22.3 Å². The van der Waals surface area contributed by atoms with Gasteiger partial charge in [0.2, 0.25) is 10.0 Å². The molecule has 2 aromatic rings. The van der Waals surface area contributed by atoms with Crippen molar-refractivity contribution in [3.8, 4) is 0 Å². The van der Waals surface area contributed by atoms with Crippen molar-refractivity contribution in [1.29, 1.82) is 0 Å². The Balaban J connectivity index is 2.29. The van der Waals surface area contributed by atoms with Crippen molar-refractivity contribution in [2.75, 3.05) is 0 Å². The smallest absolute Gasteiger partial charge is 0.341 e. The average molecular weight is 358 g/mol. The van der Waals surface area contributed by atoms with Crippen LogP contribution >= 0.6 is 11.6 Å². The summed E-state index contributed by atoms with van der Waals surface area (Å²) in [5, 5.41) is 5.36. The zero-order valence-corrected chi connectivity index (χ0v) is 13.6. The van der Waals surface area contributed by atoms with Crippen LogP contribution in [0.25, 0.3) is 0 Å². The maximum Gasteiger partial charge on any atom is 0.341 e. The molecule has 0 saturated carbocycles. The van der Waals surface area contributed by atoms with Crippen molar-refractivity contribution in [1.82, 2.24) is 0 Å². The number of hydrogen-bond acceptors (Lipinski definition) is 4. The van der Waals surface area contributed by atoms with Crippen molar-refractivity contribution >= 4 is 27.6 Å². The van der Waals surface area contributed by atoms with Gasteiger partial charge in [-0.2, -0.15) is 0 Å². The quantitative estimate of drug-likeness (QED) is 0.852.